The summed E-state index contributed by atoms with van der Waals surface area (Å²) in [7, 11) is -1.46. The molecule has 254 valence electrons. The molecule has 0 radical (unpaired) electrons. The predicted octanol–water partition coefficient (Wildman–Crippen LogP) is 6.42. The lowest BCUT2D eigenvalue weighted by molar-refractivity contribution is -0.140. The second kappa shape index (κ2) is 17.0. The first-order valence-corrected chi connectivity index (χ1v) is 17.6. The minimum atomic E-state index is -4.33. The van der Waals surface area contributed by atoms with E-state index in [0.29, 0.717) is 22.9 Å². The van der Waals surface area contributed by atoms with Crippen LogP contribution in [0.15, 0.2) is 102 Å². The third-order valence-corrected chi connectivity index (χ3v) is 10.1. The highest BCUT2D eigenvalue weighted by Gasteiger charge is 2.35. The quantitative estimate of drug-likeness (QED) is 0.136. The van der Waals surface area contributed by atoms with Crippen molar-refractivity contribution in [2.75, 3.05) is 31.6 Å². The Morgan fingerprint density at radius 3 is 2.19 bits per heavy atom. The molecule has 0 bridgehead atoms. The number of halogens is 1. The van der Waals surface area contributed by atoms with E-state index in [1.54, 1.807) is 48.5 Å². The topological polar surface area (TPSA) is 105 Å². The van der Waals surface area contributed by atoms with E-state index in [0.717, 1.165) is 28.3 Å². The number of benzene rings is 4. The number of nitrogens with one attached hydrogen (secondary N) is 1. The molecule has 4 aromatic carbocycles. The summed E-state index contributed by atoms with van der Waals surface area (Å²) in [5.41, 5.74) is 2.67. The van der Waals surface area contributed by atoms with Gasteiger partial charge in [-0.05, 0) is 54.8 Å². The summed E-state index contributed by atoms with van der Waals surface area (Å²) in [6, 6.07) is 26.7. The number of aryl methyl sites for hydroxylation is 1. The SMILES string of the molecule is CCCCNC(=O)C(Cc1ccccc1)N(Cc1ccccc1Cl)C(=O)CN(c1ccc(C)cc1)S(=O)(=O)c1ccc(OC)c(OC)c1. The molecule has 0 fully saturated rings. The van der Waals surface area contributed by atoms with E-state index in [2.05, 4.69) is 5.32 Å². The molecule has 4 aromatic rings. The third kappa shape index (κ3) is 9.08. The summed E-state index contributed by atoms with van der Waals surface area (Å²) in [6.07, 6.45) is 1.86. The zero-order chi connectivity index (χ0) is 34.7. The molecule has 11 heteroatoms. The van der Waals surface area contributed by atoms with Crippen molar-refractivity contribution in [2.45, 2.75) is 50.6 Å². The van der Waals surface area contributed by atoms with Crippen molar-refractivity contribution in [3.63, 3.8) is 0 Å². The Labute approximate surface area is 288 Å². The van der Waals surface area contributed by atoms with Gasteiger partial charge < -0.3 is 19.7 Å². The molecule has 0 saturated carbocycles. The number of nitrogens with zero attached hydrogens (tertiary/aromatic N) is 2. The smallest absolute Gasteiger partial charge is 0.264 e. The lowest BCUT2D eigenvalue weighted by Gasteiger charge is -2.34. The zero-order valence-electron chi connectivity index (χ0n) is 27.7. The molecule has 2 amide bonds. The van der Waals surface area contributed by atoms with Crippen molar-refractivity contribution in [1.29, 1.82) is 0 Å². The number of methoxy groups -OCH3 is 2. The van der Waals surface area contributed by atoms with E-state index >= 15 is 0 Å². The van der Waals surface area contributed by atoms with Gasteiger partial charge in [0, 0.05) is 30.6 Å². The van der Waals surface area contributed by atoms with Gasteiger partial charge in [-0.15, -0.1) is 0 Å². The van der Waals surface area contributed by atoms with Crippen LogP contribution in [-0.2, 0) is 32.6 Å². The second-order valence-corrected chi connectivity index (χ2v) is 13.6. The lowest BCUT2D eigenvalue weighted by Crippen LogP contribution is -2.53. The molecule has 0 aromatic heterocycles. The van der Waals surface area contributed by atoms with Gasteiger partial charge in [0.15, 0.2) is 11.5 Å². The number of ether oxygens (including phenoxy) is 2. The summed E-state index contributed by atoms with van der Waals surface area (Å²) >= 11 is 6.58. The summed E-state index contributed by atoms with van der Waals surface area (Å²) in [6.45, 7) is 3.75. The van der Waals surface area contributed by atoms with Crippen LogP contribution in [0.2, 0.25) is 5.02 Å². The van der Waals surface area contributed by atoms with Gasteiger partial charge in [-0.3, -0.25) is 13.9 Å². The Balaban J connectivity index is 1.82. The van der Waals surface area contributed by atoms with Crippen molar-refractivity contribution in [2.24, 2.45) is 0 Å². The minimum absolute atomic E-state index is 0.0185. The van der Waals surface area contributed by atoms with Gasteiger partial charge in [-0.1, -0.05) is 91.2 Å². The molecule has 48 heavy (non-hydrogen) atoms. The molecule has 0 saturated heterocycles. The molecule has 0 aliphatic rings. The van der Waals surface area contributed by atoms with Gasteiger partial charge in [0.1, 0.15) is 12.6 Å². The summed E-state index contributed by atoms with van der Waals surface area (Å²) in [5.74, 6) is -0.331. The largest absolute Gasteiger partial charge is 0.493 e. The summed E-state index contributed by atoms with van der Waals surface area (Å²) in [5, 5.41) is 3.41. The van der Waals surface area contributed by atoms with Gasteiger partial charge in [0.25, 0.3) is 10.0 Å². The number of unbranched alkanes of at least 4 members (excludes halogenated alkanes) is 1. The number of sulfonamides is 1. The number of rotatable bonds is 16. The molecule has 1 atom stereocenters. The van der Waals surface area contributed by atoms with Crippen molar-refractivity contribution in [1.82, 2.24) is 10.2 Å². The van der Waals surface area contributed by atoms with Crippen LogP contribution < -0.4 is 19.1 Å². The van der Waals surface area contributed by atoms with Crippen molar-refractivity contribution in [3.8, 4) is 11.5 Å². The van der Waals surface area contributed by atoms with Gasteiger partial charge >= 0.3 is 0 Å². The maximum absolute atomic E-state index is 14.6. The average Bonchev–Trinajstić information content (AvgIpc) is 3.09. The number of hydrogen-bond donors (Lipinski definition) is 1. The first-order chi connectivity index (χ1) is 23.1. The monoisotopic (exact) mass is 691 g/mol. The van der Waals surface area contributed by atoms with E-state index in [-0.39, 0.29) is 35.2 Å². The van der Waals surface area contributed by atoms with Crippen LogP contribution >= 0.6 is 11.6 Å². The molecule has 1 unspecified atom stereocenters. The van der Waals surface area contributed by atoms with Crippen molar-refractivity contribution < 1.29 is 27.5 Å². The minimum Gasteiger partial charge on any atom is -0.493 e. The van der Waals surface area contributed by atoms with Crippen molar-refractivity contribution in [3.05, 3.63) is 119 Å². The normalized spacial score (nSPS) is 11.8. The molecule has 0 aliphatic heterocycles. The van der Waals surface area contributed by atoms with Crippen molar-refractivity contribution >= 4 is 39.1 Å². The lowest BCUT2D eigenvalue weighted by atomic mass is 10.0. The predicted molar refractivity (Wildman–Crippen MR) is 189 cm³/mol. The third-order valence-electron chi connectivity index (χ3n) is 7.94. The van der Waals surface area contributed by atoms with E-state index in [9.17, 15) is 18.0 Å². The Hall–Kier alpha value is -4.54. The molecule has 0 heterocycles. The fourth-order valence-electron chi connectivity index (χ4n) is 5.21. The number of hydrogen-bond acceptors (Lipinski definition) is 6. The van der Waals surface area contributed by atoms with E-state index < -0.39 is 28.5 Å². The van der Waals surface area contributed by atoms with Crippen LogP contribution in [0.1, 0.15) is 36.5 Å². The van der Waals surface area contributed by atoms with Crippen LogP contribution in [0.5, 0.6) is 11.5 Å². The molecule has 4 rings (SSSR count). The Bertz CT molecular complexity index is 1780. The maximum atomic E-state index is 14.6. The van der Waals surface area contributed by atoms with Crippen LogP contribution in [0, 0.1) is 6.92 Å². The fraction of sp³-hybridized carbons (Fsp3) is 0.297. The number of amides is 2. The molecule has 9 nitrogen and oxygen atoms in total. The average molecular weight is 692 g/mol. The Morgan fingerprint density at radius 2 is 1.54 bits per heavy atom. The van der Waals surface area contributed by atoms with E-state index in [4.69, 9.17) is 21.1 Å². The molecule has 0 spiro atoms. The van der Waals surface area contributed by atoms with Crippen LogP contribution in [-0.4, -0.2) is 58.5 Å². The highest BCUT2D eigenvalue weighted by molar-refractivity contribution is 7.92. The van der Waals surface area contributed by atoms with E-state index in [1.165, 1.54) is 37.3 Å². The number of carbonyl (C=O) groups excluding carboxylic acids is 2. The Kier molecular flexibility index (Phi) is 12.9. The first-order valence-electron chi connectivity index (χ1n) is 15.7. The van der Waals surface area contributed by atoms with Gasteiger partial charge in [0.2, 0.25) is 11.8 Å². The Morgan fingerprint density at radius 1 is 0.875 bits per heavy atom. The van der Waals surface area contributed by atoms with E-state index in [1.807, 2.05) is 44.2 Å². The standard InChI is InChI=1S/C37H42ClN3O6S/c1-5-6-22-39-37(43)33(23-28-12-8-7-9-13-28)40(25-29-14-10-11-15-32(29)38)36(42)26-41(30-18-16-27(2)17-19-30)48(44,45)31-20-21-34(46-3)35(24-31)47-4/h7-21,24,33H,5-6,22-23,25-26H2,1-4H3,(H,39,43). The van der Waals surface area contributed by atoms with Gasteiger partial charge in [0.05, 0.1) is 24.8 Å². The second-order valence-electron chi connectivity index (χ2n) is 11.3. The zero-order valence-corrected chi connectivity index (χ0v) is 29.3. The molecule has 0 aliphatic carbocycles. The number of anilines is 1. The van der Waals surface area contributed by atoms with Crippen LogP contribution in [0.3, 0.4) is 0 Å². The fourth-order valence-corrected chi connectivity index (χ4v) is 6.84. The highest BCUT2D eigenvalue weighted by Crippen LogP contribution is 2.33. The summed E-state index contributed by atoms with van der Waals surface area (Å²) in [4.78, 5) is 29.9. The van der Waals surface area contributed by atoms with Gasteiger partial charge in [-0.2, -0.15) is 0 Å². The van der Waals surface area contributed by atoms with Gasteiger partial charge in [-0.25, -0.2) is 8.42 Å². The van der Waals surface area contributed by atoms with Crippen LogP contribution in [0.25, 0.3) is 0 Å². The maximum Gasteiger partial charge on any atom is 0.264 e. The summed E-state index contributed by atoms with van der Waals surface area (Å²) < 4.78 is 40.5. The molecular weight excluding hydrogens is 650 g/mol. The number of carbonyl (C=O) groups is 2. The first kappa shape index (κ1) is 36.3. The van der Waals surface area contributed by atoms with Crippen LogP contribution in [0.4, 0.5) is 5.69 Å². The molecular formula is C37H42ClN3O6S. The molecule has 1 N–H and O–H groups in total. The highest BCUT2D eigenvalue weighted by atomic mass is 35.5.